The predicted molar refractivity (Wildman–Crippen MR) is 74.8 cm³/mol. The molecule has 0 aromatic heterocycles. The Balaban J connectivity index is 3.17. The molecule has 0 aromatic carbocycles. The predicted octanol–water partition coefficient (Wildman–Crippen LogP) is 3.14. The van der Waals surface area contributed by atoms with Crippen LogP contribution < -0.4 is 0 Å². The Kier molecular flexibility index (Phi) is 5.24. The molecule has 0 N–H and O–H groups in total. The maximum Gasteiger partial charge on any atom is 0.276 e. The topological polar surface area (TPSA) is 89.5 Å². The number of nitro groups is 2. The van der Waals surface area contributed by atoms with Crippen molar-refractivity contribution in [3.8, 4) is 0 Å². The molecule has 7 nitrogen and oxygen atoms in total. The summed E-state index contributed by atoms with van der Waals surface area (Å²) in [6.45, 7) is 5.93. The molecule has 1 aliphatic rings. The third-order valence-corrected chi connectivity index (χ3v) is 3.46. The van der Waals surface area contributed by atoms with Gasteiger partial charge in [-0.3, -0.25) is 10.1 Å². The molecule has 0 saturated heterocycles. The Labute approximate surface area is 118 Å². The van der Waals surface area contributed by atoms with Gasteiger partial charge < -0.3 is 0 Å². The van der Waals surface area contributed by atoms with Crippen LogP contribution in [0, 0.1) is 25.6 Å². The quantitative estimate of drug-likeness (QED) is 0.529. The fourth-order valence-electron chi connectivity index (χ4n) is 2.55. The summed E-state index contributed by atoms with van der Waals surface area (Å²) >= 11 is 0. The van der Waals surface area contributed by atoms with Crippen LogP contribution >= 0.6 is 0 Å². The minimum atomic E-state index is -0.574. The average molecular weight is 283 g/mol. The first kappa shape index (κ1) is 16.1. The van der Waals surface area contributed by atoms with Gasteiger partial charge in [-0.25, -0.2) is 10.1 Å². The summed E-state index contributed by atoms with van der Waals surface area (Å²) < 4.78 is 0. The first-order valence-corrected chi connectivity index (χ1v) is 6.83. The van der Waals surface area contributed by atoms with Gasteiger partial charge in [0.2, 0.25) is 0 Å². The van der Waals surface area contributed by atoms with Crippen LogP contribution in [-0.4, -0.2) is 21.5 Å². The molecule has 7 heteroatoms. The number of nitrogens with zero attached hydrogens (tertiary/aromatic N) is 3. The van der Waals surface area contributed by atoms with E-state index < -0.39 is 9.96 Å². The van der Waals surface area contributed by atoms with Crippen LogP contribution in [0.15, 0.2) is 23.5 Å². The minimum Gasteiger partial charge on any atom is -0.259 e. The Morgan fingerprint density at radius 3 is 2.40 bits per heavy atom. The van der Waals surface area contributed by atoms with E-state index in [0.717, 1.165) is 17.9 Å². The SMILES string of the molecule is CCCN(C1=C([N+](=O)[O-])CC(C)(CCC)C=C1)[N+](=O)[O-]. The lowest BCUT2D eigenvalue weighted by Crippen LogP contribution is -2.34. The van der Waals surface area contributed by atoms with Crippen molar-refractivity contribution >= 4 is 0 Å². The first-order chi connectivity index (χ1) is 9.34. The normalized spacial score (nSPS) is 21.9. The molecule has 20 heavy (non-hydrogen) atoms. The largest absolute Gasteiger partial charge is 0.276 e. The molecule has 0 saturated carbocycles. The van der Waals surface area contributed by atoms with Crippen molar-refractivity contribution in [2.24, 2.45) is 5.41 Å². The number of hydrazine groups is 1. The van der Waals surface area contributed by atoms with E-state index in [1.54, 1.807) is 6.92 Å². The molecule has 0 fully saturated rings. The van der Waals surface area contributed by atoms with E-state index in [1.807, 2.05) is 19.9 Å². The lowest BCUT2D eigenvalue weighted by molar-refractivity contribution is -0.644. The fraction of sp³-hybridized carbons (Fsp3) is 0.692. The zero-order valence-corrected chi connectivity index (χ0v) is 12.2. The highest BCUT2D eigenvalue weighted by molar-refractivity contribution is 5.28. The number of allylic oxidation sites excluding steroid dienone is 3. The maximum atomic E-state index is 11.3. The molecule has 0 aliphatic heterocycles. The molecule has 1 atom stereocenters. The van der Waals surface area contributed by atoms with Crippen molar-refractivity contribution in [1.29, 1.82) is 0 Å². The van der Waals surface area contributed by atoms with Gasteiger partial charge >= 0.3 is 0 Å². The van der Waals surface area contributed by atoms with Gasteiger partial charge in [0, 0.05) is 6.42 Å². The summed E-state index contributed by atoms with van der Waals surface area (Å²) in [7, 11) is 0. The van der Waals surface area contributed by atoms with E-state index in [2.05, 4.69) is 0 Å². The minimum absolute atomic E-state index is 0.0615. The third kappa shape index (κ3) is 3.55. The van der Waals surface area contributed by atoms with Crippen LogP contribution in [0.25, 0.3) is 0 Å². The van der Waals surface area contributed by atoms with Crippen LogP contribution in [0.3, 0.4) is 0 Å². The highest BCUT2D eigenvalue weighted by Crippen LogP contribution is 2.38. The maximum absolute atomic E-state index is 11.3. The van der Waals surface area contributed by atoms with Gasteiger partial charge in [0.15, 0.2) is 10.7 Å². The van der Waals surface area contributed by atoms with E-state index in [1.165, 1.54) is 6.08 Å². The molecule has 0 bridgehead atoms. The number of rotatable bonds is 7. The molecular formula is C13H21N3O4. The van der Waals surface area contributed by atoms with Gasteiger partial charge in [0.05, 0.1) is 11.5 Å². The monoisotopic (exact) mass is 283 g/mol. The Hall–Kier alpha value is -1.92. The summed E-state index contributed by atoms with van der Waals surface area (Å²) in [6.07, 6.45) is 5.92. The highest BCUT2D eigenvalue weighted by Gasteiger charge is 2.37. The summed E-state index contributed by atoms with van der Waals surface area (Å²) in [5.41, 5.74) is -0.251. The summed E-state index contributed by atoms with van der Waals surface area (Å²) in [5.74, 6) is 0. The lowest BCUT2D eigenvalue weighted by atomic mass is 9.78. The number of hydrogen-bond donors (Lipinski definition) is 0. The molecule has 112 valence electrons. The van der Waals surface area contributed by atoms with Crippen LogP contribution in [0.1, 0.15) is 46.5 Å². The van der Waals surface area contributed by atoms with Gasteiger partial charge in [0.1, 0.15) is 0 Å². The molecule has 0 heterocycles. The van der Waals surface area contributed by atoms with Gasteiger partial charge in [-0.2, -0.15) is 0 Å². The Morgan fingerprint density at radius 2 is 1.95 bits per heavy atom. The standard InChI is InChI=1S/C13H21N3O4/c1-4-7-13(3)8-6-11(12(10-13)15(17)18)14(9-5-2)16(19)20/h6,8H,4-5,7,9-10H2,1-3H3. The number of hydrogen-bond acceptors (Lipinski definition) is 4. The lowest BCUT2D eigenvalue weighted by Gasteiger charge is -2.28. The van der Waals surface area contributed by atoms with Gasteiger partial charge in [-0.1, -0.05) is 38.3 Å². The van der Waals surface area contributed by atoms with Crippen LogP contribution in [0.2, 0.25) is 0 Å². The van der Waals surface area contributed by atoms with Crippen molar-refractivity contribution in [3.63, 3.8) is 0 Å². The first-order valence-electron chi connectivity index (χ1n) is 6.83. The van der Waals surface area contributed by atoms with E-state index in [-0.39, 0.29) is 29.8 Å². The van der Waals surface area contributed by atoms with Crippen LogP contribution in [0.4, 0.5) is 0 Å². The van der Waals surface area contributed by atoms with Crippen molar-refractivity contribution in [2.75, 3.05) is 6.54 Å². The second kappa shape index (κ2) is 6.49. The van der Waals surface area contributed by atoms with E-state index in [4.69, 9.17) is 0 Å². The molecule has 0 radical (unpaired) electrons. The summed E-state index contributed by atoms with van der Waals surface area (Å²) in [5, 5.41) is 22.6. The van der Waals surface area contributed by atoms with E-state index in [9.17, 15) is 20.2 Å². The summed E-state index contributed by atoms with van der Waals surface area (Å²) in [6, 6.07) is 0. The molecule has 0 aromatic rings. The van der Waals surface area contributed by atoms with Gasteiger partial charge in [-0.05, 0) is 24.3 Å². The van der Waals surface area contributed by atoms with Crippen molar-refractivity contribution < 1.29 is 9.96 Å². The second-order valence-electron chi connectivity index (χ2n) is 5.36. The molecule has 1 unspecified atom stereocenters. The van der Waals surface area contributed by atoms with Crippen LogP contribution in [0.5, 0.6) is 0 Å². The molecule has 0 spiro atoms. The van der Waals surface area contributed by atoms with Gasteiger partial charge in [-0.15, -0.1) is 0 Å². The summed E-state index contributed by atoms with van der Waals surface area (Å²) in [4.78, 5) is 21.9. The highest BCUT2D eigenvalue weighted by atomic mass is 16.7. The average Bonchev–Trinajstić information content (AvgIpc) is 2.36. The Bertz CT molecular complexity index is 459. The zero-order valence-electron chi connectivity index (χ0n) is 12.2. The van der Waals surface area contributed by atoms with Crippen molar-refractivity contribution in [3.05, 3.63) is 43.8 Å². The van der Waals surface area contributed by atoms with E-state index >= 15 is 0 Å². The zero-order chi connectivity index (χ0) is 15.3. The van der Waals surface area contributed by atoms with Crippen molar-refractivity contribution in [1.82, 2.24) is 5.01 Å². The third-order valence-electron chi connectivity index (χ3n) is 3.46. The van der Waals surface area contributed by atoms with E-state index in [0.29, 0.717) is 6.42 Å². The van der Waals surface area contributed by atoms with Crippen LogP contribution in [-0.2, 0) is 0 Å². The second-order valence-corrected chi connectivity index (χ2v) is 5.36. The molecule has 0 amide bonds. The Morgan fingerprint density at radius 1 is 1.30 bits per heavy atom. The molecule has 1 aliphatic carbocycles. The molecule has 1 rings (SSSR count). The van der Waals surface area contributed by atoms with Crippen molar-refractivity contribution in [2.45, 2.75) is 46.5 Å². The fourth-order valence-corrected chi connectivity index (χ4v) is 2.55. The van der Waals surface area contributed by atoms with Gasteiger partial charge in [0.25, 0.3) is 5.70 Å². The molecular weight excluding hydrogens is 262 g/mol. The smallest absolute Gasteiger partial charge is 0.259 e.